The summed E-state index contributed by atoms with van der Waals surface area (Å²) in [5.74, 6) is 1.63. The third kappa shape index (κ3) is 2.28. The van der Waals surface area contributed by atoms with Gasteiger partial charge >= 0.3 is 0 Å². The molecule has 4 rings (SSSR count). The normalized spacial score (nSPS) is 12.1. The minimum absolute atomic E-state index is 0.224. The molecule has 3 aromatic rings. The molecule has 0 radical (unpaired) electrons. The van der Waals surface area contributed by atoms with Crippen LogP contribution in [0.5, 0.6) is 11.5 Å². The first kappa shape index (κ1) is 13.6. The van der Waals surface area contributed by atoms with Crippen LogP contribution in [0, 0.1) is 11.3 Å². The highest BCUT2D eigenvalue weighted by molar-refractivity contribution is 7.13. The number of anilines is 1. The van der Waals surface area contributed by atoms with Gasteiger partial charge in [-0.05, 0) is 35.7 Å². The third-order valence-corrected chi connectivity index (χ3v) is 4.52. The Kier molecular flexibility index (Phi) is 3.14. The Morgan fingerprint density at radius 1 is 1.17 bits per heavy atom. The number of nitriles is 1. The number of thiophene rings is 1. The van der Waals surface area contributed by atoms with Crippen LogP contribution in [0.4, 0.5) is 5.82 Å². The van der Waals surface area contributed by atoms with E-state index < -0.39 is 0 Å². The number of ether oxygens (including phenoxy) is 2. The number of nitrogens with two attached hydrogens (primary N) is 1. The van der Waals surface area contributed by atoms with Gasteiger partial charge in [-0.1, -0.05) is 6.07 Å². The first-order valence-electron chi connectivity index (χ1n) is 6.91. The summed E-state index contributed by atoms with van der Waals surface area (Å²) in [6.45, 7) is 0.224. The Balaban J connectivity index is 1.89. The predicted molar refractivity (Wildman–Crippen MR) is 88.2 cm³/mol. The van der Waals surface area contributed by atoms with Gasteiger partial charge in [0.05, 0.1) is 5.69 Å². The molecule has 1 aromatic carbocycles. The lowest BCUT2D eigenvalue weighted by atomic mass is 10.0. The summed E-state index contributed by atoms with van der Waals surface area (Å²) in [5.41, 5.74) is 8.76. The van der Waals surface area contributed by atoms with E-state index in [0.717, 1.165) is 16.0 Å². The zero-order valence-electron chi connectivity index (χ0n) is 11.9. The molecular weight excluding hydrogens is 310 g/mol. The van der Waals surface area contributed by atoms with Crippen LogP contribution in [0.15, 0.2) is 41.8 Å². The molecule has 2 aromatic heterocycles. The molecule has 0 bridgehead atoms. The van der Waals surface area contributed by atoms with E-state index in [9.17, 15) is 5.26 Å². The average molecular weight is 321 g/mol. The Bertz CT molecular complexity index is 930. The molecule has 3 heterocycles. The van der Waals surface area contributed by atoms with Crippen LogP contribution >= 0.6 is 11.3 Å². The molecule has 0 saturated carbocycles. The molecular formula is C17H11N3O2S. The van der Waals surface area contributed by atoms with Crippen LogP contribution in [0.3, 0.4) is 0 Å². The standard InChI is InChI=1S/C17H11N3O2S/c18-8-12-11(16-2-1-5-23-16)7-13(20-17(12)19)10-3-4-14-15(6-10)22-9-21-14/h1-7H,9H2,(H2,19,20). The van der Waals surface area contributed by atoms with Crippen molar-refractivity contribution in [2.75, 3.05) is 12.5 Å². The smallest absolute Gasteiger partial charge is 0.231 e. The number of nitrogens with zero attached hydrogens (tertiary/aromatic N) is 2. The van der Waals surface area contributed by atoms with Crippen LogP contribution in [0.2, 0.25) is 0 Å². The lowest BCUT2D eigenvalue weighted by Gasteiger charge is -2.09. The van der Waals surface area contributed by atoms with Gasteiger partial charge in [-0.25, -0.2) is 4.98 Å². The van der Waals surface area contributed by atoms with Crippen LogP contribution in [-0.2, 0) is 0 Å². The van der Waals surface area contributed by atoms with E-state index in [1.165, 1.54) is 0 Å². The molecule has 23 heavy (non-hydrogen) atoms. The number of hydrogen-bond donors (Lipinski definition) is 1. The average Bonchev–Trinajstić information content (AvgIpc) is 3.24. The van der Waals surface area contributed by atoms with Crippen molar-refractivity contribution < 1.29 is 9.47 Å². The Labute approximate surface area is 136 Å². The van der Waals surface area contributed by atoms with Gasteiger partial charge in [0.1, 0.15) is 17.5 Å². The highest BCUT2D eigenvalue weighted by atomic mass is 32.1. The van der Waals surface area contributed by atoms with Crippen molar-refractivity contribution >= 4 is 17.2 Å². The first-order chi connectivity index (χ1) is 11.3. The zero-order valence-corrected chi connectivity index (χ0v) is 12.8. The molecule has 0 aliphatic carbocycles. The molecule has 112 valence electrons. The molecule has 0 fully saturated rings. The number of fused-ring (bicyclic) bond motifs is 1. The van der Waals surface area contributed by atoms with Crippen molar-refractivity contribution in [2.24, 2.45) is 0 Å². The minimum atomic E-state index is 0.224. The van der Waals surface area contributed by atoms with E-state index in [0.29, 0.717) is 22.8 Å². The van der Waals surface area contributed by atoms with E-state index in [1.54, 1.807) is 11.3 Å². The Morgan fingerprint density at radius 2 is 2.04 bits per heavy atom. The fraction of sp³-hybridized carbons (Fsp3) is 0.0588. The maximum atomic E-state index is 9.38. The van der Waals surface area contributed by atoms with Crippen molar-refractivity contribution in [1.29, 1.82) is 5.26 Å². The van der Waals surface area contributed by atoms with Gasteiger partial charge < -0.3 is 15.2 Å². The Hall–Kier alpha value is -3.04. The molecule has 1 aliphatic rings. The number of rotatable bonds is 2. The van der Waals surface area contributed by atoms with Gasteiger partial charge in [0, 0.05) is 16.0 Å². The van der Waals surface area contributed by atoms with Crippen LogP contribution in [0.25, 0.3) is 21.7 Å². The maximum Gasteiger partial charge on any atom is 0.231 e. The van der Waals surface area contributed by atoms with E-state index >= 15 is 0 Å². The summed E-state index contributed by atoms with van der Waals surface area (Å²) in [6, 6.07) is 13.6. The van der Waals surface area contributed by atoms with Gasteiger partial charge in [0.2, 0.25) is 6.79 Å². The first-order valence-corrected chi connectivity index (χ1v) is 7.79. The van der Waals surface area contributed by atoms with E-state index in [-0.39, 0.29) is 12.6 Å². The minimum Gasteiger partial charge on any atom is -0.454 e. The summed E-state index contributed by atoms with van der Waals surface area (Å²) in [6.07, 6.45) is 0. The van der Waals surface area contributed by atoms with Crippen molar-refractivity contribution in [1.82, 2.24) is 4.98 Å². The lowest BCUT2D eigenvalue weighted by molar-refractivity contribution is 0.174. The second kappa shape index (κ2) is 5.30. The molecule has 0 unspecified atom stereocenters. The third-order valence-electron chi connectivity index (χ3n) is 3.61. The number of nitrogen functional groups attached to an aromatic ring is 1. The summed E-state index contributed by atoms with van der Waals surface area (Å²) in [7, 11) is 0. The highest BCUT2D eigenvalue weighted by Gasteiger charge is 2.17. The highest BCUT2D eigenvalue weighted by Crippen LogP contribution is 2.38. The maximum absolute atomic E-state index is 9.38. The van der Waals surface area contributed by atoms with Crippen molar-refractivity contribution in [3.63, 3.8) is 0 Å². The second-order valence-electron chi connectivity index (χ2n) is 4.97. The molecule has 0 amide bonds. The van der Waals surface area contributed by atoms with Gasteiger partial charge in [0.25, 0.3) is 0 Å². The second-order valence-corrected chi connectivity index (χ2v) is 5.92. The summed E-state index contributed by atoms with van der Waals surface area (Å²) >= 11 is 1.56. The number of aromatic nitrogens is 1. The van der Waals surface area contributed by atoms with Crippen LogP contribution < -0.4 is 15.2 Å². The predicted octanol–water partition coefficient (Wildman–Crippen LogP) is 3.66. The Morgan fingerprint density at radius 3 is 2.83 bits per heavy atom. The summed E-state index contributed by atoms with van der Waals surface area (Å²) in [4.78, 5) is 5.36. The molecule has 0 spiro atoms. The SMILES string of the molecule is N#Cc1c(-c2cccs2)cc(-c2ccc3c(c2)OCO3)nc1N. The largest absolute Gasteiger partial charge is 0.454 e. The van der Waals surface area contributed by atoms with Crippen molar-refractivity contribution in [2.45, 2.75) is 0 Å². The lowest BCUT2D eigenvalue weighted by Crippen LogP contribution is -1.99. The molecule has 2 N–H and O–H groups in total. The van der Waals surface area contributed by atoms with Crippen molar-refractivity contribution in [3.05, 3.63) is 47.3 Å². The summed E-state index contributed by atoms with van der Waals surface area (Å²) in [5, 5.41) is 11.4. The fourth-order valence-corrected chi connectivity index (χ4v) is 3.26. The van der Waals surface area contributed by atoms with E-state index in [4.69, 9.17) is 15.2 Å². The monoisotopic (exact) mass is 321 g/mol. The molecule has 0 atom stereocenters. The topological polar surface area (TPSA) is 81.2 Å². The summed E-state index contributed by atoms with van der Waals surface area (Å²) < 4.78 is 10.7. The van der Waals surface area contributed by atoms with Crippen LogP contribution in [-0.4, -0.2) is 11.8 Å². The fourth-order valence-electron chi connectivity index (χ4n) is 2.51. The molecule has 1 aliphatic heterocycles. The molecule has 5 nitrogen and oxygen atoms in total. The molecule has 6 heteroatoms. The zero-order chi connectivity index (χ0) is 15.8. The number of hydrogen-bond acceptors (Lipinski definition) is 6. The van der Waals surface area contributed by atoms with E-state index in [1.807, 2.05) is 41.8 Å². The van der Waals surface area contributed by atoms with Crippen molar-refractivity contribution in [3.8, 4) is 39.3 Å². The van der Waals surface area contributed by atoms with E-state index in [2.05, 4.69) is 11.1 Å². The van der Waals surface area contributed by atoms with Gasteiger partial charge in [-0.15, -0.1) is 11.3 Å². The van der Waals surface area contributed by atoms with Gasteiger partial charge in [-0.2, -0.15) is 5.26 Å². The van der Waals surface area contributed by atoms with Gasteiger partial charge in [0.15, 0.2) is 11.5 Å². The van der Waals surface area contributed by atoms with Gasteiger partial charge in [-0.3, -0.25) is 0 Å². The molecule has 0 saturated heterocycles. The van der Waals surface area contributed by atoms with Crippen LogP contribution in [0.1, 0.15) is 5.56 Å². The number of pyridine rings is 1. The quantitative estimate of drug-likeness (QED) is 0.779. The number of benzene rings is 1.